The minimum absolute atomic E-state index is 0.120. The number of nitrogens with one attached hydrogen (secondary N) is 2. The van der Waals surface area contributed by atoms with Crippen LogP contribution < -0.4 is 15.4 Å². The Morgan fingerprint density at radius 2 is 2.42 bits per heavy atom. The zero-order valence-electron chi connectivity index (χ0n) is 10.9. The Labute approximate surface area is 112 Å². The van der Waals surface area contributed by atoms with E-state index >= 15 is 0 Å². The Hall–Kier alpha value is -2.06. The number of rotatable bonds is 4. The SMILES string of the molecule is COc1ccc(CNC2CCC(=O)NC2)cc1C#N. The highest BCUT2D eigenvalue weighted by Crippen LogP contribution is 2.18. The zero-order valence-corrected chi connectivity index (χ0v) is 10.9. The molecule has 1 aliphatic heterocycles. The summed E-state index contributed by atoms with van der Waals surface area (Å²) in [6.07, 6.45) is 1.43. The molecule has 0 bridgehead atoms. The van der Waals surface area contributed by atoms with Crippen molar-refractivity contribution in [2.75, 3.05) is 13.7 Å². The van der Waals surface area contributed by atoms with Crippen LogP contribution in [0.5, 0.6) is 5.75 Å². The summed E-state index contributed by atoms with van der Waals surface area (Å²) in [4.78, 5) is 11.0. The maximum Gasteiger partial charge on any atom is 0.220 e. The van der Waals surface area contributed by atoms with E-state index in [9.17, 15) is 4.79 Å². The largest absolute Gasteiger partial charge is 0.495 e. The normalized spacial score (nSPS) is 18.5. The smallest absolute Gasteiger partial charge is 0.220 e. The summed E-state index contributed by atoms with van der Waals surface area (Å²) in [7, 11) is 1.55. The molecule has 5 heteroatoms. The summed E-state index contributed by atoms with van der Waals surface area (Å²) < 4.78 is 5.11. The second kappa shape index (κ2) is 6.21. The zero-order chi connectivity index (χ0) is 13.7. The van der Waals surface area contributed by atoms with Gasteiger partial charge >= 0.3 is 0 Å². The van der Waals surface area contributed by atoms with Gasteiger partial charge in [-0.25, -0.2) is 0 Å². The predicted octanol–water partition coefficient (Wildman–Crippen LogP) is 0.935. The number of benzene rings is 1. The molecular weight excluding hydrogens is 242 g/mol. The quantitative estimate of drug-likeness (QED) is 0.843. The summed E-state index contributed by atoms with van der Waals surface area (Å²) in [5.74, 6) is 0.713. The molecule has 1 amide bonds. The maximum atomic E-state index is 11.0. The topological polar surface area (TPSA) is 74.2 Å². The molecule has 0 saturated carbocycles. The average Bonchev–Trinajstić information content (AvgIpc) is 2.46. The van der Waals surface area contributed by atoms with Crippen LogP contribution in [0.1, 0.15) is 24.0 Å². The Morgan fingerprint density at radius 3 is 3.05 bits per heavy atom. The van der Waals surface area contributed by atoms with Crippen molar-refractivity contribution in [3.63, 3.8) is 0 Å². The molecule has 0 radical (unpaired) electrons. The second-order valence-electron chi connectivity index (χ2n) is 4.57. The Balaban J connectivity index is 1.93. The molecule has 0 spiro atoms. The van der Waals surface area contributed by atoms with E-state index in [4.69, 9.17) is 10.00 Å². The van der Waals surface area contributed by atoms with Gasteiger partial charge in [-0.2, -0.15) is 5.26 Å². The summed E-state index contributed by atoms with van der Waals surface area (Å²) in [6.45, 7) is 1.35. The molecule has 0 aliphatic carbocycles. The van der Waals surface area contributed by atoms with Crippen molar-refractivity contribution in [1.29, 1.82) is 5.26 Å². The number of hydrogen-bond donors (Lipinski definition) is 2. The standard InChI is InChI=1S/C14H17N3O2/c1-19-13-4-2-10(6-11(13)7-15)8-16-12-3-5-14(18)17-9-12/h2,4,6,12,16H,3,5,8-9H2,1H3,(H,17,18). The van der Waals surface area contributed by atoms with Crippen LogP contribution in [0.15, 0.2) is 18.2 Å². The van der Waals surface area contributed by atoms with Gasteiger partial charge in [-0.3, -0.25) is 4.79 Å². The Morgan fingerprint density at radius 1 is 1.58 bits per heavy atom. The molecule has 1 heterocycles. The summed E-state index contributed by atoms with van der Waals surface area (Å²) in [5, 5.41) is 15.2. The fraction of sp³-hybridized carbons (Fsp3) is 0.429. The predicted molar refractivity (Wildman–Crippen MR) is 70.6 cm³/mol. The first-order valence-electron chi connectivity index (χ1n) is 6.30. The van der Waals surface area contributed by atoms with E-state index < -0.39 is 0 Å². The Kier molecular flexibility index (Phi) is 4.37. The van der Waals surface area contributed by atoms with Crippen LogP contribution in [0, 0.1) is 11.3 Å². The lowest BCUT2D eigenvalue weighted by atomic mass is 10.1. The van der Waals surface area contributed by atoms with Crippen molar-refractivity contribution in [3.05, 3.63) is 29.3 Å². The fourth-order valence-electron chi connectivity index (χ4n) is 2.12. The highest BCUT2D eigenvalue weighted by molar-refractivity contribution is 5.76. The monoisotopic (exact) mass is 259 g/mol. The molecule has 1 aliphatic rings. The van der Waals surface area contributed by atoms with E-state index in [0.717, 1.165) is 12.0 Å². The summed E-state index contributed by atoms with van der Waals surface area (Å²) in [6, 6.07) is 7.99. The van der Waals surface area contributed by atoms with Gasteiger partial charge in [0.1, 0.15) is 11.8 Å². The van der Waals surface area contributed by atoms with Crippen LogP contribution in [-0.4, -0.2) is 25.6 Å². The highest BCUT2D eigenvalue weighted by Gasteiger charge is 2.17. The van der Waals surface area contributed by atoms with Crippen LogP contribution in [0.25, 0.3) is 0 Å². The number of nitrogens with zero attached hydrogens (tertiary/aromatic N) is 1. The van der Waals surface area contributed by atoms with Crippen molar-refractivity contribution in [2.24, 2.45) is 0 Å². The van der Waals surface area contributed by atoms with Gasteiger partial charge in [0.15, 0.2) is 0 Å². The third kappa shape index (κ3) is 3.46. The fourth-order valence-corrected chi connectivity index (χ4v) is 2.12. The lowest BCUT2D eigenvalue weighted by molar-refractivity contribution is -0.122. The number of amides is 1. The number of ether oxygens (including phenoxy) is 1. The van der Waals surface area contributed by atoms with E-state index in [2.05, 4.69) is 16.7 Å². The van der Waals surface area contributed by atoms with Crippen molar-refractivity contribution >= 4 is 5.91 Å². The van der Waals surface area contributed by atoms with Crippen LogP contribution in [0.3, 0.4) is 0 Å². The van der Waals surface area contributed by atoms with Gasteiger partial charge in [0, 0.05) is 25.6 Å². The van der Waals surface area contributed by atoms with Gasteiger partial charge in [0.2, 0.25) is 5.91 Å². The number of methoxy groups -OCH3 is 1. The third-order valence-corrected chi connectivity index (χ3v) is 3.24. The van der Waals surface area contributed by atoms with Gasteiger partial charge < -0.3 is 15.4 Å². The average molecular weight is 259 g/mol. The lowest BCUT2D eigenvalue weighted by Crippen LogP contribution is -2.45. The van der Waals surface area contributed by atoms with E-state index in [1.54, 1.807) is 13.2 Å². The molecule has 1 unspecified atom stereocenters. The second-order valence-corrected chi connectivity index (χ2v) is 4.57. The molecule has 19 heavy (non-hydrogen) atoms. The van der Waals surface area contributed by atoms with Crippen molar-refractivity contribution in [2.45, 2.75) is 25.4 Å². The lowest BCUT2D eigenvalue weighted by Gasteiger charge is -2.23. The van der Waals surface area contributed by atoms with Crippen LogP contribution in [0.4, 0.5) is 0 Å². The van der Waals surface area contributed by atoms with Crippen LogP contribution in [0.2, 0.25) is 0 Å². The molecule has 5 nitrogen and oxygen atoms in total. The molecule has 1 aromatic rings. The minimum atomic E-state index is 0.120. The molecule has 0 aromatic heterocycles. The number of nitriles is 1. The first-order valence-corrected chi connectivity index (χ1v) is 6.30. The van der Waals surface area contributed by atoms with E-state index in [-0.39, 0.29) is 5.91 Å². The van der Waals surface area contributed by atoms with E-state index in [0.29, 0.717) is 36.9 Å². The number of carbonyl (C=O) groups excluding carboxylic acids is 1. The molecule has 100 valence electrons. The third-order valence-electron chi connectivity index (χ3n) is 3.24. The molecular formula is C14H17N3O2. The molecule has 1 fully saturated rings. The number of hydrogen-bond acceptors (Lipinski definition) is 4. The van der Waals surface area contributed by atoms with Gasteiger partial charge in [0.05, 0.1) is 12.7 Å². The van der Waals surface area contributed by atoms with Gasteiger partial charge in [-0.05, 0) is 24.1 Å². The molecule has 2 N–H and O–H groups in total. The molecule has 2 rings (SSSR count). The molecule has 1 saturated heterocycles. The molecule has 1 atom stereocenters. The van der Waals surface area contributed by atoms with Crippen molar-refractivity contribution in [1.82, 2.24) is 10.6 Å². The van der Waals surface area contributed by atoms with Gasteiger partial charge in [0.25, 0.3) is 0 Å². The maximum absolute atomic E-state index is 11.0. The number of carbonyl (C=O) groups is 1. The molecule has 1 aromatic carbocycles. The Bertz CT molecular complexity index is 498. The highest BCUT2D eigenvalue weighted by atomic mass is 16.5. The van der Waals surface area contributed by atoms with Gasteiger partial charge in [-0.15, -0.1) is 0 Å². The van der Waals surface area contributed by atoms with Gasteiger partial charge in [-0.1, -0.05) is 6.07 Å². The van der Waals surface area contributed by atoms with Crippen LogP contribution in [-0.2, 0) is 11.3 Å². The van der Waals surface area contributed by atoms with E-state index in [1.165, 1.54) is 0 Å². The van der Waals surface area contributed by atoms with Crippen molar-refractivity contribution in [3.8, 4) is 11.8 Å². The first-order chi connectivity index (χ1) is 9.22. The summed E-state index contributed by atoms with van der Waals surface area (Å²) in [5.41, 5.74) is 1.58. The first kappa shape index (κ1) is 13.4. The van der Waals surface area contributed by atoms with E-state index in [1.807, 2.05) is 12.1 Å². The van der Waals surface area contributed by atoms with Crippen LogP contribution >= 0.6 is 0 Å². The van der Waals surface area contributed by atoms with Crippen molar-refractivity contribution < 1.29 is 9.53 Å². The number of piperidine rings is 1. The minimum Gasteiger partial charge on any atom is -0.495 e. The summed E-state index contributed by atoms with van der Waals surface area (Å²) >= 11 is 0.